The average Bonchev–Trinajstić information content (AvgIpc) is 3.28. The number of furan rings is 1. The molecule has 1 aromatic heterocycles. The first kappa shape index (κ1) is 22.2. The molecule has 0 radical (unpaired) electrons. The number of piperidine rings is 1. The molecule has 1 aliphatic heterocycles. The third-order valence-electron chi connectivity index (χ3n) is 6.11. The number of likely N-dealkylation sites (tertiary alicyclic amines) is 1. The van der Waals surface area contributed by atoms with Crippen molar-refractivity contribution in [2.45, 2.75) is 39.4 Å². The lowest BCUT2D eigenvalue weighted by molar-refractivity contribution is 0.0661. The van der Waals surface area contributed by atoms with Crippen LogP contribution in [0.2, 0.25) is 0 Å². The number of carbonyl (C=O) groups excluding carboxylic acids is 1. The van der Waals surface area contributed by atoms with E-state index in [1.807, 2.05) is 35.2 Å². The van der Waals surface area contributed by atoms with Crippen molar-refractivity contribution >= 4 is 5.91 Å². The van der Waals surface area contributed by atoms with E-state index in [4.69, 9.17) is 9.15 Å². The second-order valence-corrected chi connectivity index (χ2v) is 8.72. The Balaban J connectivity index is 1.47. The van der Waals surface area contributed by atoms with Gasteiger partial charge >= 0.3 is 0 Å². The van der Waals surface area contributed by atoms with Crippen molar-refractivity contribution in [2.75, 3.05) is 20.2 Å². The molecule has 0 spiro atoms. The zero-order chi connectivity index (χ0) is 22.3. The molecule has 1 saturated heterocycles. The van der Waals surface area contributed by atoms with Gasteiger partial charge in [-0.2, -0.15) is 0 Å². The Kier molecular flexibility index (Phi) is 7.28. The predicted molar refractivity (Wildman–Crippen MR) is 125 cm³/mol. The minimum absolute atomic E-state index is 0.00514. The van der Waals surface area contributed by atoms with Crippen LogP contribution in [0.4, 0.5) is 0 Å². The molecule has 0 bridgehead atoms. The number of amides is 1. The highest BCUT2D eigenvalue weighted by molar-refractivity contribution is 5.91. The maximum Gasteiger partial charge on any atom is 0.289 e. The summed E-state index contributed by atoms with van der Waals surface area (Å²) < 4.78 is 11.4. The quantitative estimate of drug-likeness (QED) is 0.481. The van der Waals surface area contributed by atoms with Crippen LogP contribution in [0.3, 0.4) is 0 Å². The van der Waals surface area contributed by atoms with Crippen LogP contribution in [0.5, 0.6) is 5.75 Å². The molecule has 1 fully saturated rings. The van der Waals surface area contributed by atoms with Crippen molar-refractivity contribution in [3.05, 3.63) is 89.4 Å². The monoisotopic (exact) mass is 432 g/mol. The summed E-state index contributed by atoms with van der Waals surface area (Å²) in [5.41, 5.74) is 2.41. The van der Waals surface area contributed by atoms with Crippen LogP contribution >= 0.6 is 0 Å². The molecule has 0 unspecified atom stereocenters. The summed E-state index contributed by atoms with van der Waals surface area (Å²) in [6, 6.07) is 22.3. The van der Waals surface area contributed by atoms with Gasteiger partial charge in [0.05, 0.1) is 13.7 Å². The van der Waals surface area contributed by atoms with E-state index in [9.17, 15) is 4.79 Å². The lowest BCUT2D eigenvalue weighted by atomic mass is 9.99. The van der Waals surface area contributed by atoms with Crippen molar-refractivity contribution in [1.82, 2.24) is 9.80 Å². The fourth-order valence-electron chi connectivity index (χ4n) is 4.20. The van der Waals surface area contributed by atoms with Gasteiger partial charge in [0, 0.05) is 26.2 Å². The van der Waals surface area contributed by atoms with Gasteiger partial charge in [0.2, 0.25) is 0 Å². The third-order valence-corrected chi connectivity index (χ3v) is 6.11. The summed E-state index contributed by atoms with van der Waals surface area (Å²) >= 11 is 0. The van der Waals surface area contributed by atoms with Gasteiger partial charge in [-0.3, -0.25) is 9.69 Å². The van der Waals surface area contributed by atoms with E-state index in [1.165, 1.54) is 11.1 Å². The summed E-state index contributed by atoms with van der Waals surface area (Å²) in [6.07, 6.45) is 2.12. The molecule has 0 atom stereocenters. The van der Waals surface area contributed by atoms with Crippen LogP contribution in [0.15, 0.2) is 71.1 Å². The molecule has 4 rings (SSSR count). The van der Waals surface area contributed by atoms with E-state index in [2.05, 4.69) is 48.2 Å². The van der Waals surface area contributed by atoms with Crippen molar-refractivity contribution in [2.24, 2.45) is 5.92 Å². The maximum atomic E-state index is 12.9. The van der Waals surface area contributed by atoms with E-state index in [-0.39, 0.29) is 5.91 Å². The molecule has 2 heterocycles. The molecule has 168 valence electrons. The van der Waals surface area contributed by atoms with Gasteiger partial charge < -0.3 is 14.1 Å². The highest BCUT2D eigenvalue weighted by Gasteiger charge is 2.24. The fourth-order valence-corrected chi connectivity index (χ4v) is 4.20. The molecule has 0 aliphatic carbocycles. The first-order valence-corrected chi connectivity index (χ1v) is 11.4. The Bertz CT molecular complexity index is 1010. The summed E-state index contributed by atoms with van der Waals surface area (Å²) in [7, 11) is 1.69. The van der Waals surface area contributed by atoms with Crippen molar-refractivity contribution < 1.29 is 13.9 Å². The molecule has 2 aromatic carbocycles. The van der Waals surface area contributed by atoms with Crippen LogP contribution in [0.1, 0.15) is 47.2 Å². The van der Waals surface area contributed by atoms with E-state index in [0.29, 0.717) is 18.2 Å². The highest BCUT2D eigenvalue weighted by Crippen LogP contribution is 2.22. The van der Waals surface area contributed by atoms with Crippen molar-refractivity contribution in [1.29, 1.82) is 0 Å². The Morgan fingerprint density at radius 3 is 2.44 bits per heavy atom. The standard InChI is InChI=1S/C27H32N2O3/c1-21-13-15-29(16-14-21)27(30)26-12-11-25(32-26)20-28(18-22-7-4-3-5-8-22)19-23-9-6-10-24(17-23)31-2/h3-12,17,21H,13-16,18-20H2,1-2H3. The largest absolute Gasteiger partial charge is 0.497 e. The zero-order valence-electron chi connectivity index (χ0n) is 19.0. The number of benzene rings is 2. The SMILES string of the molecule is COc1cccc(CN(Cc2ccccc2)Cc2ccc(C(=O)N3CCC(C)CC3)o2)c1. The molecule has 0 saturated carbocycles. The van der Waals surface area contributed by atoms with Crippen molar-refractivity contribution in [3.63, 3.8) is 0 Å². The second kappa shape index (κ2) is 10.5. The van der Waals surface area contributed by atoms with Crippen molar-refractivity contribution in [3.8, 4) is 5.75 Å². The normalized spacial score (nSPS) is 14.7. The van der Waals surface area contributed by atoms with Gasteiger partial charge in [-0.15, -0.1) is 0 Å². The lowest BCUT2D eigenvalue weighted by Crippen LogP contribution is -2.37. The van der Waals surface area contributed by atoms with Gasteiger partial charge in [-0.1, -0.05) is 49.4 Å². The topological polar surface area (TPSA) is 45.9 Å². The Hall–Kier alpha value is -3.05. The average molecular weight is 433 g/mol. The molecule has 1 aliphatic rings. The second-order valence-electron chi connectivity index (χ2n) is 8.72. The smallest absolute Gasteiger partial charge is 0.289 e. The summed E-state index contributed by atoms with van der Waals surface area (Å²) in [4.78, 5) is 17.1. The molecule has 0 N–H and O–H groups in total. The van der Waals surface area contributed by atoms with Gasteiger partial charge in [-0.05, 0) is 54.2 Å². The number of carbonyl (C=O) groups is 1. The molecule has 1 amide bonds. The number of nitrogens with zero attached hydrogens (tertiary/aromatic N) is 2. The van der Waals surface area contributed by atoms with Crippen LogP contribution in [-0.4, -0.2) is 35.9 Å². The maximum absolute atomic E-state index is 12.9. The van der Waals surface area contributed by atoms with Gasteiger partial charge in [0.15, 0.2) is 5.76 Å². The molecule has 5 nitrogen and oxygen atoms in total. The van der Waals surface area contributed by atoms with E-state index < -0.39 is 0 Å². The minimum atomic E-state index is 0.00514. The Labute approximate surface area is 190 Å². The Morgan fingerprint density at radius 1 is 0.969 bits per heavy atom. The van der Waals surface area contributed by atoms with E-state index in [0.717, 1.165) is 50.5 Å². The van der Waals surface area contributed by atoms with Crippen LogP contribution < -0.4 is 4.74 Å². The van der Waals surface area contributed by atoms with Gasteiger partial charge in [-0.25, -0.2) is 0 Å². The Morgan fingerprint density at radius 2 is 1.69 bits per heavy atom. The fraction of sp³-hybridized carbons (Fsp3) is 0.370. The number of rotatable bonds is 8. The summed E-state index contributed by atoms with van der Waals surface area (Å²) in [5, 5.41) is 0. The summed E-state index contributed by atoms with van der Waals surface area (Å²) in [5.74, 6) is 2.79. The number of hydrogen-bond acceptors (Lipinski definition) is 4. The summed E-state index contributed by atoms with van der Waals surface area (Å²) in [6.45, 7) is 6.02. The molecule has 3 aromatic rings. The molecular weight excluding hydrogens is 400 g/mol. The van der Waals surface area contributed by atoms with Crippen LogP contribution in [-0.2, 0) is 19.6 Å². The van der Waals surface area contributed by atoms with E-state index >= 15 is 0 Å². The van der Waals surface area contributed by atoms with Crippen LogP contribution in [0, 0.1) is 5.92 Å². The molecule has 32 heavy (non-hydrogen) atoms. The zero-order valence-corrected chi connectivity index (χ0v) is 19.0. The minimum Gasteiger partial charge on any atom is -0.497 e. The van der Waals surface area contributed by atoms with E-state index in [1.54, 1.807) is 7.11 Å². The lowest BCUT2D eigenvalue weighted by Gasteiger charge is -2.29. The first-order chi connectivity index (χ1) is 15.6. The molecular formula is C27H32N2O3. The van der Waals surface area contributed by atoms with Gasteiger partial charge in [0.1, 0.15) is 11.5 Å². The van der Waals surface area contributed by atoms with Gasteiger partial charge in [0.25, 0.3) is 5.91 Å². The number of ether oxygens (including phenoxy) is 1. The predicted octanol–water partition coefficient (Wildman–Crippen LogP) is 5.36. The molecule has 5 heteroatoms. The highest BCUT2D eigenvalue weighted by atomic mass is 16.5. The van der Waals surface area contributed by atoms with Crippen LogP contribution in [0.25, 0.3) is 0 Å². The number of methoxy groups -OCH3 is 1. The number of hydrogen-bond donors (Lipinski definition) is 0. The first-order valence-electron chi connectivity index (χ1n) is 11.4. The third kappa shape index (κ3) is 5.80.